The van der Waals surface area contributed by atoms with Crippen molar-refractivity contribution in [3.63, 3.8) is 0 Å². The summed E-state index contributed by atoms with van der Waals surface area (Å²) in [5, 5.41) is 2.92. The molecule has 0 spiro atoms. The van der Waals surface area contributed by atoms with E-state index < -0.39 is 0 Å². The summed E-state index contributed by atoms with van der Waals surface area (Å²) in [6, 6.07) is 4.10. The molecule has 1 unspecified atom stereocenters. The summed E-state index contributed by atoms with van der Waals surface area (Å²) >= 11 is 1.68. The van der Waals surface area contributed by atoms with Crippen molar-refractivity contribution >= 4 is 17.2 Å². The molecule has 3 N–H and O–H groups in total. The molecule has 19 heavy (non-hydrogen) atoms. The van der Waals surface area contributed by atoms with Crippen molar-refractivity contribution in [1.29, 1.82) is 0 Å². The average Bonchev–Trinajstić information content (AvgIpc) is 2.84. The molecule has 1 fully saturated rings. The van der Waals surface area contributed by atoms with Crippen LogP contribution in [-0.2, 0) is 11.3 Å². The zero-order valence-corrected chi connectivity index (χ0v) is 11.9. The fraction of sp³-hybridized carbons (Fsp3) is 0.500. The van der Waals surface area contributed by atoms with Crippen LogP contribution in [-0.4, -0.2) is 36.5 Å². The predicted molar refractivity (Wildman–Crippen MR) is 77.8 cm³/mol. The molecular formula is C14H19N3OS. The smallest absolute Gasteiger partial charge is 0.237 e. The molecule has 1 aliphatic rings. The van der Waals surface area contributed by atoms with Crippen LogP contribution in [0.1, 0.15) is 23.1 Å². The van der Waals surface area contributed by atoms with Crippen molar-refractivity contribution in [1.82, 2.24) is 10.2 Å². The van der Waals surface area contributed by atoms with Gasteiger partial charge in [-0.1, -0.05) is 18.8 Å². The summed E-state index contributed by atoms with van der Waals surface area (Å²) < 4.78 is 0. The number of hydrogen-bond acceptors (Lipinski definition) is 4. The molecule has 0 radical (unpaired) electrons. The van der Waals surface area contributed by atoms with Crippen LogP contribution in [0.15, 0.2) is 12.1 Å². The van der Waals surface area contributed by atoms with E-state index in [2.05, 4.69) is 35.0 Å². The molecule has 1 aromatic rings. The van der Waals surface area contributed by atoms with Gasteiger partial charge in [-0.25, -0.2) is 0 Å². The zero-order chi connectivity index (χ0) is 13.7. The van der Waals surface area contributed by atoms with Gasteiger partial charge in [-0.3, -0.25) is 9.69 Å². The Morgan fingerprint density at radius 3 is 3.16 bits per heavy atom. The van der Waals surface area contributed by atoms with E-state index in [0.717, 1.165) is 30.9 Å². The summed E-state index contributed by atoms with van der Waals surface area (Å²) in [6.07, 6.45) is 0.844. The molecule has 1 saturated heterocycles. The number of piperazine rings is 1. The fourth-order valence-corrected chi connectivity index (χ4v) is 3.17. The van der Waals surface area contributed by atoms with Crippen molar-refractivity contribution in [2.75, 3.05) is 19.6 Å². The summed E-state index contributed by atoms with van der Waals surface area (Å²) in [7, 11) is 0. The minimum absolute atomic E-state index is 0.00516. The highest BCUT2D eigenvalue weighted by molar-refractivity contribution is 7.12. The van der Waals surface area contributed by atoms with Crippen LogP contribution < -0.4 is 11.1 Å². The maximum absolute atomic E-state index is 11.8. The number of rotatable bonds is 3. The molecular weight excluding hydrogens is 258 g/mol. The number of carbonyl (C=O) groups excluding carboxylic acids is 1. The van der Waals surface area contributed by atoms with Crippen LogP contribution in [0.2, 0.25) is 0 Å². The van der Waals surface area contributed by atoms with Gasteiger partial charge in [0.1, 0.15) is 0 Å². The van der Waals surface area contributed by atoms with Gasteiger partial charge in [0, 0.05) is 24.5 Å². The third kappa shape index (κ3) is 3.57. The lowest BCUT2D eigenvalue weighted by Gasteiger charge is -2.34. The third-order valence-electron chi connectivity index (χ3n) is 3.16. The summed E-state index contributed by atoms with van der Waals surface area (Å²) in [5.41, 5.74) is 5.36. The van der Waals surface area contributed by atoms with E-state index in [4.69, 9.17) is 5.73 Å². The van der Waals surface area contributed by atoms with E-state index >= 15 is 0 Å². The van der Waals surface area contributed by atoms with Gasteiger partial charge in [-0.15, -0.1) is 11.3 Å². The van der Waals surface area contributed by atoms with Gasteiger partial charge < -0.3 is 11.1 Å². The first-order valence-electron chi connectivity index (χ1n) is 6.54. The Morgan fingerprint density at radius 2 is 2.42 bits per heavy atom. The molecule has 0 aromatic carbocycles. The second-order valence-electron chi connectivity index (χ2n) is 4.46. The maximum Gasteiger partial charge on any atom is 0.237 e. The molecule has 102 valence electrons. The predicted octanol–water partition coefficient (Wildman–Crippen LogP) is 0.769. The van der Waals surface area contributed by atoms with Crippen LogP contribution in [0.3, 0.4) is 0 Å². The standard InChI is InChI=1S/C14H19N3OS/c1-2-13-14(18)16-8-9-17(13)10-12-6-5-11(19-12)4-3-7-15/h5-6,13H,2,7-10,15H2,1H3,(H,16,18). The first-order valence-corrected chi connectivity index (χ1v) is 7.35. The molecule has 1 aliphatic heterocycles. The van der Waals surface area contributed by atoms with Crippen molar-refractivity contribution in [2.45, 2.75) is 25.9 Å². The van der Waals surface area contributed by atoms with Gasteiger partial charge in [0.05, 0.1) is 17.5 Å². The Balaban J connectivity index is 2.03. The van der Waals surface area contributed by atoms with E-state index in [9.17, 15) is 4.79 Å². The molecule has 2 rings (SSSR count). The monoisotopic (exact) mass is 277 g/mol. The molecule has 1 amide bonds. The Morgan fingerprint density at radius 1 is 1.58 bits per heavy atom. The maximum atomic E-state index is 11.8. The number of nitrogens with one attached hydrogen (secondary N) is 1. The van der Waals surface area contributed by atoms with Crippen molar-refractivity contribution < 1.29 is 4.79 Å². The fourth-order valence-electron chi connectivity index (χ4n) is 2.26. The minimum Gasteiger partial charge on any atom is -0.353 e. The SMILES string of the molecule is CCC1C(=O)NCCN1Cc1ccc(C#CCN)s1. The number of thiophene rings is 1. The number of nitrogens with zero attached hydrogens (tertiary/aromatic N) is 1. The van der Waals surface area contributed by atoms with Crippen LogP contribution in [0, 0.1) is 11.8 Å². The average molecular weight is 277 g/mol. The highest BCUT2D eigenvalue weighted by Gasteiger charge is 2.27. The summed E-state index contributed by atoms with van der Waals surface area (Å²) in [5.74, 6) is 6.05. The van der Waals surface area contributed by atoms with Gasteiger partial charge in [0.25, 0.3) is 0 Å². The second kappa shape index (κ2) is 6.71. The van der Waals surface area contributed by atoms with Crippen molar-refractivity contribution in [2.24, 2.45) is 5.73 Å². The molecule has 0 bridgehead atoms. The number of hydrogen-bond donors (Lipinski definition) is 2. The molecule has 4 nitrogen and oxygen atoms in total. The Kier molecular flexibility index (Phi) is 4.97. The van der Waals surface area contributed by atoms with Crippen LogP contribution in [0.25, 0.3) is 0 Å². The topological polar surface area (TPSA) is 58.4 Å². The van der Waals surface area contributed by atoms with Crippen LogP contribution in [0.5, 0.6) is 0 Å². The number of amides is 1. The third-order valence-corrected chi connectivity index (χ3v) is 4.15. The lowest BCUT2D eigenvalue weighted by atomic mass is 10.1. The molecule has 5 heteroatoms. The Labute approximate surface area is 118 Å². The van der Waals surface area contributed by atoms with Crippen LogP contribution in [0.4, 0.5) is 0 Å². The van der Waals surface area contributed by atoms with E-state index in [1.54, 1.807) is 11.3 Å². The van der Waals surface area contributed by atoms with Gasteiger partial charge in [-0.05, 0) is 18.6 Å². The van der Waals surface area contributed by atoms with Crippen molar-refractivity contribution in [3.8, 4) is 11.8 Å². The van der Waals surface area contributed by atoms with E-state index in [1.165, 1.54) is 4.88 Å². The molecule has 1 atom stereocenters. The second-order valence-corrected chi connectivity index (χ2v) is 5.63. The number of carbonyl (C=O) groups is 1. The highest BCUT2D eigenvalue weighted by atomic mass is 32.1. The van der Waals surface area contributed by atoms with Gasteiger partial charge in [0.2, 0.25) is 5.91 Å². The number of nitrogens with two attached hydrogens (primary N) is 1. The first kappa shape index (κ1) is 14.1. The van der Waals surface area contributed by atoms with Crippen LogP contribution >= 0.6 is 11.3 Å². The zero-order valence-electron chi connectivity index (χ0n) is 11.1. The molecule has 0 aliphatic carbocycles. The molecule has 0 saturated carbocycles. The van der Waals surface area contributed by atoms with Crippen molar-refractivity contribution in [3.05, 3.63) is 21.9 Å². The van der Waals surface area contributed by atoms with E-state index in [0.29, 0.717) is 6.54 Å². The normalized spacial score (nSPS) is 19.7. The van der Waals surface area contributed by atoms with Gasteiger partial charge >= 0.3 is 0 Å². The highest BCUT2D eigenvalue weighted by Crippen LogP contribution is 2.20. The molecule has 1 aromatic heterocycles. The lowest BCUT2D eigenvalue weighted by Crippen LogP contribution is -2.54. The first-order chi connectivity index (χ1) is 9.24. The Hall–Kier alpha value is -1.35. The van der Waals surface area contributed by atoms with Gasteiger partial charge in [-0.2, -0.15) is 0 Å². The lowest BCUT2D eigenvalue weighted by molar-refractivity contribution is -0.129. The van der Waals surface area contributed by atoms with E-state index in [-0.39, 0.29) is 11.9 Å². The van der Waals surface area contributed by atoms with E-state index in [1.807, 2.05) is 6.07 Å². The minimum atomic E-state index is -0.00516. The summed E-state index contributed by atoms with van der Waals surface area (Å²) in [6.45, 7) is 4.90. The Bertz CT molecular complexity index is 500. The largest absolute Gasteiger partial charge is 0.353 e. The van der Waals surface area contributed by atoms with Gasteiger partial charge in [0.15, 0.2) is 0 Å². The summed E-state index contributed by atoms with van der Waals surface area (Å²) in [4.78, 5) is 16.3. The quantitative estimate of drug-likeness (QED) is 0.802. The molecule has 2 heterocycles.